The Morgan fingerprint density at radius 3 is 1.00 bits per heavy atom. The van der Waals surface area contributed by atoms with Crippen molar-refractivity contribution in [2.45, 2.75) is 75.9 Å². The second-order valence-corrected chi connectivity index (χ2v) is 7.22. The molecule has 21 heteroatoms. The smallest absolute Gasteiger partial charge is 0.686 e. The zero-order chi connectivity index (χ0) is 32.5. The van der Waals surface area contributed by atoms with E-state index in [1.165, 1.54) is 63.5 Å². The summed E-state index contributed by atoms with van der Waals surface area (Å²) in [5.41, 5.74) is 1.19. The number of rotatable bonds is 2. The summed E-state index contributed by atoms with van der Waals surface area (Å²) in [6.07, 6.45) is 18.0. The monoisotopic (exact) mass is 1020 g/mol. The zero-order valence-electron chi connectivity index (χ0n) is 28.3. The number of nitrogens with zero attached hydrogens (tertiary/aromatic N) is 12. The molecule has 4 aliphatic heterocycles. The minimum Gasteiger partial charge on any atom is -0.686 e. The molecule has 3 fully saturated rings. The summed E-state index contributed by atoms with van der Waals surface area (Å²) in [6.45, 7) is 42.1. The molecule has 0 aromatic carbocycles. The van der Waals surface area contributed by atoms with Crippen LogP contribution in [0.2, 0.25) is 0 Å². The van der Waals surface area contributed by atoms with Crippen molar-refractivity contribution in [1.82, 2.24) is 0 Å². The molecule has 4 rings (SSSR count). The maximum absolute atomic E-state index is 6.25. The van der Waals surface area contributed by atoms with Crippen LogP contribution in [0.5, 0.6) is 0 Å². The standard InChI is InChI=1S/C10H18N2.C10H14N2.8CN.2CH3.4Fe.4H2O.Tb/c2*1-3-7-11-9(5-1)10-6-2-4-8-12-10;8*1-2;;;;;;;;;;;/h9-10H,1-8H2;1,3,5,10H,2,4,6-8H2;;;;;;;;;2*1H3;;;;;4*1H2;/q2*-2;10*-1;;;2*+6;;;;;. The van der Waals surface area contributed by atoms with E-state index in [0.29, 0.717) is 18.1 Å². The molecule has 293 valence electrons. The fourth-order valence-electron chi connectivity index (χ4n) is 3.94. The normalized spacial score (nSPS) is 16.2. The molecular weight excluding hydrogens is 975 g/mol. The Kier molecular flexibility index (Phi) is 254. The van der Waals surface area contributed by atoms with Gasteiger partial charge in [0.2, 0.25) is 0 Å². The summed E-state index contributed by atoms with van der Waals surface area (Å²) in [4.78, 5) is 0. The molecule has 0 spiro atoms. The van der Waals surface area contributed by atoms with Gasteiger partial charge in [-0.3, -0.25) is 0 Å². The number of allylic oxidation sites excluding steroid dienone is 2. The van der Waals surface area contributed by atoms with Crippen molar-refractivity contribution in [3.8, 4) is 0 Å². The Balaban J connectivity index is -0.0000000188. The van der Waals surface area contributed by atoms with E-state index in [1.807, 2.05) is 0 Å². The topological polar surface area (TPSA) is 373 Å². The number of piperidine rings is 3. The van der Waals surface area contributed by atoms with Crippen LogP contribution >= 0.6 is 0 Å². The van der Waals surface area contributed by atoms with Crippen molar-refractivity contribution in [3.05, 3.63) is 113 Å². The fourth-order valence-corrected chi connectivity index (χ4v) is 3.94. The SMILES string of the molecule is C1=CC[N-]C(C2CCCC[N-]2)=C1.C1CCC(C2CCCC[N-]2)[N-]C1.O.O.O.O.[C-]#N.[C-]#N.[C-]#N.[C-]#N.[C-]#N.[C-]#N.[C-]#N.[C-]#N.[CH3-].[CH3-].[Fe+6].[Fe+6].[Fe].[Fe].[Tb]. The Morgan fingerprint density at radius 1 is 0.490 bits per heavy atom. The summed E-state index contributed by atoms with van der Waals surface area (Å²) < 4.78 is 0. The van der Waals surface area contributed by atoms with Gasteiger partial charge in [0.05, 0.1) is 0 Å². The zero-order valence-corrected chi connectivity index (χ0v) is 34.8. The molecule has 1 radical (unpaired) electrons. The second kappa shape index (κ2) is 118. The van der Waals surface area contributed by atoms with Crippen LogP contribution in [0, 0.1) is 148 Å². The van der Waals surface area contributed by atoms with Crippen molar-refractivity contribution < 1.29 is 129 Å². The van der Waals surface area contributed by atoms with E-state index in [9.17, 15) is 0 Å². The van der Waals surface area contributed by atoms with Gasteiger partial charge in [-0.1, -0.05) is 69.9 Å². The van der Waals surface area contributed by atoms with Gasteiger partial charge in [0.15, 0.2) is 0 Å². The third-order valence-electron chi connectivity index (χ3n) is 5.35. The van der Waals surface area contributed by atoms with Gasteiger partial charge >= 0.3 is 34.1 Å². The molecule has 0 bridgehead atoms. The van der Waals surface area contributed by atoms with Gasteiger partial charge in [0.1, 0.15) is 0 Å². The van der Waals surface area contributed by atoms with Crippen LogP contribution < -0.4 is 0 Å². The predicted octanol–water partition coefficient (Wildman–Crippen LogP) is 3.94. The molecule has 0 saturated carbocycles. The van der Waals surface area contributed by atoms with E-state index in [1.54, 1.807) is 0 Å². The Labute approximate surface area is 382 Å². The van der Waals surface area contributed by atoms with Gasteiger partial charge in [0.25, 0.3) is 0 Å². The Hall–Kier alpha value is -1.72. The molecule has 16 nitrogen and oxygen atoms in total. The van der Waals surface area contributed by atoms with Crippen LogP contribution in [0.25, 0.3) is 21.3 Å². The average molecular weight is 1020 g/mol. The van der Waals surface area contributed by atoms with E-state index in [4.69, 9.17) is 94.7 Å². The summed E-state index contributed by atoms with van der Waals surface area (Å²) in [5, 5.41) is 68.3. The molecule has 0 amide bonds. The molecular formula is C30H46Fe4N12O4Tb-2. The third-order valence-corrected chi connectivity index (χ3v) is 5.35. The van der Waals surface area contributed by atoms with Crippen LogP contribution in [-0.2, 0) is 68.3 Å². The first-order valence-electron chi connectivity index (χ1n) is 11.8. The number of hydrogen-bond acceptors (Lipinski definition) is 8. The van der Waals surface area contributed by atoms with Crippen LogP contribution in [0.15, 0.2) is 23.9 Å². The van der Waals surface area contributed by atoms with E-state index in [-0.39, 0.29) is 144 Å². The van der Waals surface area contributed by atoms with Gasteiger partial charge in [-0.15, -0.1) is 38.3 Å². The first-order valence-corrected chi connectivity index (χ1v) is 11.8. The molecule has 51 heavy (non-hydrogen) atoms. The molecule has 8 N–H and O–H groups in total. The summed E-state index contributed by atoms with van der Waals surface area (Å²) >= 11 is 0. The van der Waals surface area contributed by atoms with Crippen LogP contribution in [0.1, 0.15) is 57.8 Å². The molecule has 3 saturated heterocycles. The summed E-state index contributed by atoms with van der Waals surface area (Å²) in [7, 11) is 0. The van der Waals surface area contributed by atoms with Gasteiger partial charge in [-0.2, -0.15) is 17.8 Å². The van der Waals surface area contributed by atoms with Gasteiger partial charge in [-0.05, 0) is 0 Å². The first-order chi connectivity index (χ1) is 19.9. The average Bonchev–Trinajstić information content (AvgIpc) is 3.13. The van der Waals surface area contributed by atoms with Gasteiger partial charge in [0, 0.05) is 72.7 Å². The molecule has 0 aromatic heterocycles. The molecule has 0 aliphatic carbocycles. The number of hydrogen-bond donors (Lipinski definition) is 0. The fraction of sp³-hybridized carbons (Fsp3) is 0.533. The molecule has 3 atom stereocenters. The quantitative estimate of drug-likeness (QED) is 0.287. The molecule has 0 aromatic rings. The predicted molar refractivity (Wildman–Crippen MR) is 170 cm³/mol. The van der Waals surface area contributed by atoms with Crippen LogP contribution in [0.4, 0.5) is 0 Å². The maximum atomic E-state index is 6.25. The van der Waals surface area contributed by atoms with Gasteiger partial charge in [-0.25, -0.2) is 0 Å². The Morgan fingerprint density at radius 2 is 0.784 bits per heavy atom. The van der Waals surface area contributed by atoms with Crippen molar-refractivity contribution in [3.63, 3.8) is 0 Å². The van der Waals surface area contributed by atoms with E-state index in [0.717, 1.165) is 26.2 Å². The van der Waals surface area contributed by atoms with Gasteiger partial charge < -0.3 is 153 Å². The summed E-state index contributed by atoms with van der Waals surface area (Å²) in [6, 6.07) is 1.60. The third kappa shape index (κ3) is 70.6. The van der Waals surface area contributed by atoms with Crippen LogP contribution in [0.3, 0.4) is 0 Å². The van der Waals surface area contributed by atoms with E-state index in [2.05, 4.69) is 39.5 Å². The van der Waals surface area contributed by atoms with Crippen molar-refractivity contribution in [2.24, 2.45) is 0 Å². The van der Waals surface area contributed by atoms with E-state index < -0.39 is 0 Å². The van der Waals surface area contributed by atoms with Crippen molar-refractivity contribution >= 4 is 0 Å². The van der Waals surface area contributed by atoms with Crippen molar-refractivity contribution in [1.29, 1.82) is 42.1 Å². The van der Waals surface area contributed by atoms with E-state index >= 15 is 0 Å². The maximum Gasteiger partial charge on any atom is 6.00 e. The van der Waals surface area contributed by atoms with Crippen LogP contribution in [-0.4, -0.2) is 66.2 Å². The Bertz CT molecular complexity index is 682. The molecule has 3 unspecified atom stereocenters. The minimum absolute atomic E-state index is 0. The van der Waals surface area contributed by atoms with Crippen molar-refractivity contribution in [2.75, 3.05) is 26.2 Å². The largest absolute Gasteiger partial charge is 6.00 e. The summed E-state index contributed by atoms with van der Waals surface area (Å²) in [5.74, 6) is 0. The first kappa shape index (κ1) is 110. The second-order valence-electron chi connectivity index (χ2n) is 7.22. The molecule has 4 aliphatic rings. The minimum atomic E-state index is 0. The molecule has 4 heterocycles.